The van der Waals surface area contributed by atoms with Crippen molar-refractivity contribution in [1.29, 1.82) is 0 Å². The van der Waals surface area contributed by atoms with Crippen molar-refractivity contribution in [1.82, 2.24) is 10.1 Å². The second-order valence-corrected chi connectivity index (χ2v) is 6.92. The number of nitrogens with one attached hydrogen (secondary N) is 2. The topological polar surface area (TPSA) is 106 Å². The fourth-order valence-electron chi connectivity index (χ4n) is 2.86. The lowest BCUT2D eigenvalue weighted by Gasteiger charge is -2.07. The van der Waals surface area contributed by atoms with Gasteiger partial charge in [0.05, 0.1) is 5.41 Å². The normalized spacial score (nSPS) is 19.8. The number of amides is 2. The SMILES string of the molecule is CC1(c2cc(NC(=O)Nc3ccc(-c4ccc(N)nc4)cc3)no2)CC1(F)F. The summed E-state index contributed by atoms with van der Waals surface area (Å²) in [7, 11) is 0. The van der Waals surface area contributed by atoms with Crippen molar-refractivity contribution in [3.63, 3.8) is 0 Å². The van der Waals surface area contributed by atoms with Gasteiger partial charge in [0, 0.05) is 29.9 Å². The summed E-state index contributed by atoms with van der Waals surface area (Å²) >= 11 is 0. The number of nitrogens with zero attached hydrogens (tertiary/aromatic N) is 2. The number of halogens is 2. The van der Waals surface area contributed by atoms with Gasteiger partial charge in [0.25, 0.3) is 5.92 Å². The Labute approximate surface area is 158 Å². The maximum Gasteiger partial charge on any atom is 0.324 e. The van der Waals surface area contributed by atoms with Crippen LogP contribution < -0.4 is 16.4 Å². The average Bonchev–Trinajstić information content (AvgIpc) is 2.96. The number of hydrogen-bond donors (Lipinski definition) is 3. The van der Waals surface area contributed by atoms with E-state index in [2.05, 4.69) is 20.8 Å². The van der Waals surface area contributed by atoms with Crippen molar-refractivity contribution in [3.8, 4) is 11.1 Å². The third-order valence-electron chi connectivity index (χ3n) is 4.82. The summed E-state index contributed by atoms with van der Waals surface area (Å²) in [5.74, 6) is -2.25. The molecule has 1 saturated carbocycles. The first-order valence-corrected chi connectivity index (χ1v) is 8.52. The van der Waals surface area contributed by atoms with Crippen molar-refractivity contribution in [3.05, 3.63) is 54.4 Å². The van der Waals surface area contributed by atoms with Crippen molar-refractivity contribution in [2.45, 2.75) is 24.7 Å². The molecule has 9 heteroatoms. The van der Waals surface area contributed by atoms with Crippen molar-refractivity contribution >= 4 is 23.4 Å². The monoisotopic (exact) mass is 385 g/mol. The van der Waals surface area contributed by atoms with E-state index in [1.165, 1.54) is 13.0 Å². The Bertz CT molecular complexity index is 1020. The quantitative estimate of drug-likeness (QED) is 0.622. The molecule has 0 spiro atoms. The van der Waals surface area contributed by atoms with E-state index in [0.717, 1.165) is 11.1 Å². The van der Waals surface area contributed by atoms with Crippen LogP contribution in [0, 0.1) is 0 Å². The molecule has 7 nitrogen and oxygen atoms in total. The van der Waals surface area contributed by atoms with Crippen molar-refractivity contribution < 1.29 is 18.1 Å². The van der Waals surface area contributed by atoms with Crippen LogP contribution in [0.4, 0.5) is 30.9 Å². The van der Waals surface area contributed by atoms with Gasteiger partial charge in [0.2, 0.25) is 0 Å². The number of carbonyl (C=O) groups is 1. The molecule has 0 radical (unpaired) electrons. The molecule has 1 aliphatic carbocycles. The fraction of sp³-hybridized carbons (Fsp3) is 0.211. The molecule has 4 N–H and O–H groups in total. The van der Waals surface area contributed by atoms with E-state index >= 15 is 0 Å². The van der Waals surface area contributed by atoms with Crippen LogP contribution in [0.25, 0.3) is 11.1 Å². The van der Waals surface area contributed by atoms with Crippen LogP contribution in [-0.2, 0) is 5.41 Å². The van der Waals surface area contributed by atoms with E-state index in [1.54, 1.807) is 24.4 Å². The summed E-state index contributed by atoms with van der Waals surface area (Å²) in [6, 6.07) is 11.4. The molecular weight excluding hydrogens is 368 g/mol. The Balaban J connectivity index is 1.38. The molecule has 1 atom stereocenters. The summed E-state index contributed by atoms with van der Waals surface area (Å²) in [6.45, 7) is 1.40. The molecule has 0 saturated heterocycles. The smallest absolute Gasteiger partial charge is 0.324 e. The molecule has 144 valence electrons. The minimum Gasteiger partial charge on any atom is -0.384 e. The molecule has 0 bridgehead atoms. The summed E-state index contributed by atoms with van der Waals surface area (Å²) in [5, 5.41) is 8.74. The van der Waals surface area contributed by atoms with E-state index in [4.69, 9.17) is 10.3 Å². The van der Waals surface area contributed by atoms with E-state index < -0.39 is 17.4 Å². The Kier molecular flexibility index (Phi) is 4.02. The van der Waals surface area contributed by atoms with Gasteiger partial charge in [-0.05, 0) is 36.8 Å². The number of nitrogen functional groups attached to an aromatic ring is 1. The van der Waals surface area contributed by atoms with Crippen molar-refractivity contribution in [2.75, 3.05) is 16.4 Å². The van der Waals surface area contributed by atoms with Crippen LogP contribution in [0.5, 0.6) is 0 Å². The third kappa shape index (κ3) is 3.26. The second-order valence-electron chi connectivity index (χ2n) is 6.92. The van der Waals surface area contributed by atoms with Crippen LogP contribution in [0.15, 0.2) is 53.2 Å². The van der Waals surface area contributed by atoms with E-state index in [9.17, 15) is 13.6 Å². The van der Waals surface area contributed by atoms with Gasteiger partial charge in [-0.25, -0.2) is 18.6 Å². The summed E-state index contributed by atoms with van der Waals surface area (Å²) < 4.78 is 31.8. The maximum absolute atomic E-state index is 13.4. The number of carbonyl (C=O) groups excluding carboxylic acids is 1. The highest BCUT2D eigenvalue weighted by Gasteiger charge is 2.71. The fourth-order valence-corrected chi connectivity index (χ4v) is 2.86. The van der Waals surface area contributed by atoms with Gasteiger partial charge in [-0.15, -0.1) is 0 Å². The minimum atomic E-state index is -2.81. The number of urea groups is 1. The predicted octanol–water partition coefficient (Wildman–Crippen LogP) is 4.26. The molecule has 4 rings (SSSR count). The first-order chi connectivity index (χ1) is 13.3. The summed E-state index contributed by atoms with van der Waals surface area (Å²) in [6.07, 6.45) is 1.37. The lowest BCUT2D eigenvalue weighted by atomic mass is 10.1. The van der Waals surface area contributed by atoms with Crippen LogP contribution in [-0.4, -0.2) is 22.1 Å². The Morgan fingerprint density at radius 2 is 1.82 bits per heavy atom. The molecule has 2 amide bonds. The molecule has 28 heavy (non-hydrogen) atoms. The van der Waals surface area contributed by atoms with Crippen LogP contribution in [0.3, 0.4) is 0 Å². The largest absolute Gasteiger partial charge is 0.384 e. The third-order valence-corrected chi connectivity index (χ3v) is 4.82. The predicted molar refractivity (Wildman–Crippen MR) is 100 cm³/mol. The molecule has 1 unspecified atom stereocenters. The molecule has 0 aliphatic heterocycles. The van der Waals surface area contributed by atoms with E-state index in [1.807, 2.05) is 18.2 Å². The lowest BCUT2D eigenvalue weighted by molar-refractivity contribution is 0.0846. The number of anilines is 3. The van der Waals surface area contributed by atoms with Gasteiger partial charge < -0.3 is 15.6 Å². The number of hydrogen-bond acceptors (Lipinski definition) is 5. The van der Waals surface area contributed by atoms with Crippen LogP contribution >= 0.6 is 0 Å². The number of pyridine rings is 1. The summed E-state index contributed by atoms with van der Waals surface area (Å²) in [5.41, 5.74) is 6.58. The molecule has 1 aromatic carbocycles. The van der Waals surface area contributed by atoms with Gasteiger partial charge >= 0.3 is 6.03 Å². The van der Waals surface area contributed by atoms with Gasteiger partial charge in [0.1, 0.15) is 5.82 Å². The number of alkyl halides is 2. The zero-order valence-electron chi connectivity index (χ0n) is 14.9. The molecule has 3 aromatic rings. The zero-order chi connectivity index (χ0) is 19.9. The van der Waals surface area contributed by atoms with Gasteiger partial charge in [-0.1, -0.05) is 17.3 Å². The van der Waals surface area contributed by atoms with Gasteiger partial charge in [-0.2, -0.15) is 0 Å². The van der Waals surface area contributed by atoms with Gasteiger partial charge in [-0.3, -0.25) is 5.32 Å². The zero-order valence-corrected chi connectivity index (χ0v) is 14.9. The first kappa shape index (κ1) is 17.9. The Morgan fingerprint density at radius 3 is 2.43 bits per heavy atom. The highest BCUT2D eigenvalue weighted by Crippen LogP contribution is 2.61. The number of benzene rings is 1. The standard InChI is InChI=1S/C19H17F2N5O2/c1-18(10-19(18,20)21)14-8-16(26-28-14)25-17(27)24-13-5-2-11(3-6-13)12-4-7-15(22)23-9-12/h2-9H,10H2,1H3,(H2,22,23)(H2,24,25,26,27). The molecule has 1 fully saturated rings. The number of nitrogens with two attached hydrogens (primary N) is 1. The molecule has 1 aliphatic rings. The highest BCUT2D eigenvalue weighted by molar-refractivity contribution is 5.99. The number of rotatable bonds is 4. The van der Waals surface area contributed by atoms with Gasteiger partial charge in [0.15, 0.2) is 11.6 Å². The molecular formula is C19H17F2N5O2. The average molecular weight is 385 g/mol. The van der Waals surface area contributed by atoms with E-state index in [0.29, 0.717) is 11.5 Å². The number of aromatic nitrogens is 2. The molecule has 2 heterocycles. The second kappa shape index (κ2) is 6.29. The van der Waals surface area contributed by atoms with Crippen LogP contribution in [0.2, 0.25) is 0 Å². The lowest BCUT2D eigenvalue weighted by Crippen LogP contribution is -2.19. The van der Waals surface area contributed by atoms with Crippen LogP contribution in [0.1, 0.15) is 19.1 Å². The van der Waals surface area contributed by atoms with E-state index in [-0.39, 0.29) is 18.0 Å². The molecule has 2 aromatic heterocycles. The first-order valence-electron chi connectivity index (χ1n) is 8.52. The Morgan fingerprint density at radius 1 is 1.14 bits per heavy atom. The Hall–Kier alpha value is -3.49. The minimum absolute atomic E-state index is 0.0502. The van der Waals surface area contributed by atoms with Crippen molar-refractivity contribution in [2.24, 2.45) is 0 Å². The summed E-state index contributed by atoms with van der Waals surface area (Å²) in [4.78, 5) is 16.1. The highest BCUT2D eigenvalue weighted by atomic mass is 19.3. The maximum atomic E-state index is 13.4.